The number of nitrogens with one attached hydrogen (secondary N) is 1. The summed E-state index contributed by atoms with van der Waals surface area (Å²) < 4.78 is 0. The van der Waals surface area contributed by atoms with Crippen LogP contribution in [-0.2, 0) is 0 Å². The molecule has 0 fully saturated rings. The van der Waals surface area contributed by atoms with Crippen LogP contribution in [0, 0.1) is 10.1 Å². The second kappa shape index (κ2) is 8.59. The molecule has 0 bridgehead atoms. The fourth-order valence-corrected chi connectivity index (χ4v) is 2.87. The maximum atomic E-state index is 11.0. The number of nitrogens with zero attached hydrogens (tertiary/aromatic N) is 3. The maximum Gasteiger partial charge on any atom is 0.270 e. The van der Waals surface area contributed by atoms with Gasteiger partial charge >= 0.3 is 0 Å². The number of nitro benzene ring substituents is 1. The molecule has 2 rings (SSSR count). The van der Waals surface area contributed by atoms with E-state index in [0.29, 0.717) is 6.04 Å². The number of fused-ring (bicyclic) bond motifs is 1. The summed E-state index contributed by atoms with van der Waals surface area (Å²) in [6.07, 6.45) is 3.91. The highest BCUT2D eigenvalue weighted by Crippen LogP contribution is 2.26. The number of non-ortho nitro benzene ring substituents is 1. The SMILES string of the molecule is CCN(CC)CCCC(C)Nc1ccnc2ccc([N+](=O)[O-])cc12. The van der Waals surface area contributed by atoms with Crippen molar-refractivity contribution in [1.29, 1.82) is 0 Å². The van der Waals surface area contributed by atoms with Gasteiger partial charge in [0.15, 0.2) is 0 Å². The number of anilines is 1. The fourth-order valence-electron chi connectivity index (χ4n) is 2.87. The molecule has 0 amide bonds. The zero-order valence-electron chi connectivity index (χ0n) is 14.7. The summed E-state index contributed by atoms with van der Waals surface area (Å²) in [5.41, 5.74) is 1.76. The van der Waals surface area contributed by atoms with Crippen LogP contribution in [0.5, 0.6) is 0 Å². The Morgan fingerprint density at radius 1 is 1.29 bits per heavy atom. The molecule has 6 nitrogen and oxygen atoms in total. The van der Waals surface area contributed by atoms with Crippen LogP contribution in [-0.4, -0.2) is 40.5 Å². The Kier molecular flexibility index (Phi) is 6.49. The lowest BCUT2D eigenvalue weighted by molar-refractivity contribution is -0.384. The minimum Gasteiger partial charge on any atom is -0.382 e. The van der Waals surface area contributed by atoms with E-state index in [9.17, 15) is 10.1 Å². The van der Waals surface area contributed by atoms with Crippen molar-refractivity contribution in [3.63, 3.8) is 0 Å². The van der Waals surface area contributed by atoms with Crippen molar-refractivity contribution in [2.75, 3.05) is 25.0 Å². The number of hydrogen-bond acceptors (Lipinski definition) is 5. The Balaban J connectivity index is 2.05. The normalized spacial score (nSPS) is 12.5. The number of aromatic nitrogens is 1. The van der Waals surface area contributed by atoms with Gasteiger partial charge in [0, 0.05) is 35.4 Å². The summed E-state index contributed by atoms with van der Waals surface area (Å²) in [5.74, 6) is 0. The standard InChI is InChI=1S/C18H26N4O2/c1-4-21(5-2)12-6-7-14(3)20-18-10-11-19-17-9-8-15(22(23)24)13-16(17)18/h8-11,13-14H,4-7,12H2,1-3H3,(H,19,20). The first kappa shape index (κ1) is 18.1. The second-order valence-electron chi connectivity index (χ2n) is 6.03. The summed E-state index contributed by atoms with van der Waals surface area (Å²) in [6, 6.07) is 6.96. The zero-order chi connectivity index (χ0) is 17.5. The third-order valence-corrected chi connectivity index (χ3v) is 4.34. The van der Waals surface area contributed by atoms with E-state index in [1.165, 1.54) is 6.07 Å². The lowest BCUT2D eigenvalue weighted by Gasteiger charge is -2.20. The van der Waals surface area contributed by atoms with E-state index in [-0.39, 0.29) is 10.6 Å². The molecule has 130 valence electrons. The molecule has 24 heavy (non-hydrogen) atoms. The summed E-state index contributed by atoms with van der Waals surface area (Å²) in [4.78, 5) is 17.3. The summed E-state index contributed by atoms with van der Waals surface area (Å²) >= 11 is 0. The van der Waals surface area contributed by atoms with Crippen LogP contribution in [0.1, 0.15) is 33.6 Å². The average molecular weight is 330 g/mol. The minimum absolute atomic E-state index is 0.0905. The highest BCUT2D eigenvalue weighted by atomic mass is 16.6. The molecule has 1 N–H and O–H groups in total. The molecule has 6 heteroatoms. The van der Waals surface area contributed by atoms with E-state index in [1.807, 2.05) is 6.07 Å². The van der Waals surface area contributed by atoms with Gasteiger partial charge in [-0.15, -0.1) is 0 Å². The predicted octanol–water partition coefficient (Wildman–Crippen LogP) is 4.07. The lowest BCUT2D eigenvalue weighted by atomic mass is 10.1. The van der Waals surface area contributed by atoms with Crippen LogP contribution in [0.25, 0.3) is 10.9 Å². The molecule has 1 aromatic heterocycles. The third kappa shape index (κ3) is 4.64. The summed E-state index contributed by atoms with van der Waals surface area (Å²) in [5, 5.41) is 15.3. The van der Waals surface area contributed by atoms with Gasteiger partial charge in [-0.2, -0.15) is 0 Å². The average Bonchev–Trinajstić information content (AvgIpc) is 2.58. The van der Waals surface area contributed by atoms with Crippen molar-refractivity contribution in [3.05, 3.63) is 40.6 Å². The Morgan fingerprint density at radius 3 is 2.71 bits per heavy atom. The number of hydrogen-bond donors (Lipinski definition) is 1. The van der Waals surface area contributed by atoms with Gasteiger partial charge in [0.1, 0.15) is 0 Å². The molecule has 1 aromatic carbocycles. The highest BCUT2D eigenvalue weighted by molar-refractivity contribution is 5.92. The first-order valence-corrected chi connectivity index (χ1v) is 8.57. The smallest absolute Gasteiger partial charge is 0.270 e. The number of pyridine rings is 1. The topological polar surface area (TPSA) is 71.3 Å². The van der Waals surface area contributed by atoms with E-state index in [0.717, 1.165) is 49.1 Å². The quantitative estimate of drug-likeness (QED) is 0.554. The highest BCUT2D eigenvalue weighted by Gasteiger charge is 2.11. The molecule has 0 radical (unpaired) electrons. The largest absolute Gasteiger partial charge is 0.382 e. The minimum atomic E-state index is -0.371. The second-order valence-corrected chi connectivity index (χ2v) is 6.03. The Labute approximate surface area is 143 Å². The summed E-state index contributed by atoms with van der Waals surface area (Å²) in [7, 11) is 0. The van der Waals surface area contributed by atoms with Crippen LogP contribution in [0.15, 0.2) is 30.5 Å². The van der Waals surface area contributed by atoms with Crippen LogP contribution < -0.4 is 5.32 Å². The zero-order valence-corrected chi connectivity index (χ0v) is 14.7. The van der Waals surface area contributed by atoms with Gasteiger partial charge in [0.25, 0.3) is 5.69 Å². The van der Waals surface area contributed by atoms with Gasteiger partial charge in [-0.05, 0) is 51.5 Å². The number of benzene rings is 1. The molecule has 0 spiro atoms. The monoisotopic (exact) mass is 330 g/mol. The van der Waals surface area contributed by atoms with Crippen molar-refractivity contribution in [1.82, 2.24) is 9.88 Å². The molecule has 0 saturated carbocycles. The van der Waals surface area contributed by atoms with Crippen LogP contribution in [0.2, 0.25) is 0 Å². The van der Waals surface area contributed by atoms with Crippen LogP contribution in [0.3, 0.4) is 0 Å². The fraction of sp³-hybridized carbons (Fsp3) is 0.500. The molecule has 0 aliphatic heterocycles. The third-order valence-electron chi connectivity index (χ3n) is 4.34. The molecular formula is C18H26N4O2. The molecular weight excluding hydrogens is 304 g/mol. The molecule has 0 saturated heterocycles. The van der Waals surface area contributed by atoms with Crippen molar-refractivity contribution in [2.24, 2.45) is 0 Å². The maximum absolute atomic E-state index is 11.0. The predicted molar refractivity (Wildman–Crippen MR) is 98.5 cm³/mol. The Hall–Kier alpha value is -2.21. The van der Waals surface area contributed by atoms with Gasteiger partial charge in [0.05, 0.1) is 10.4 Å². The lowest BCUT2D eigenvalue weighted by Crippen LogP contribution is -2.25. The molecule has 1 unspecified atom stereocenters. The first-order chi connectivity index (χ1) is 11.5. The van der Waals surface area contributed by atoms with E-state index >= 15 is 0 Å². The molecule has 1 atom stereocenters. The number of rotatable bonds is 9. The van der Waals surface area contributed by atoms with E-state index < -0.39 is 0 Å². The van der Waals surface area contributed by atoms with Crippen LogP contribution >= 0.6 is 0 Å². The summed E-state index contributed by atoms with van der Waals surface area (Å²) in [6.45, 7) is 9.77. The van der Waals surface area contributed by atoms with Crippen molar-refractivity contribution in [2.45, 2.75) is 39.7 Å². The van der Waals surface area contributed by atoms with E-state index in [2.05, 4.69) is 36.0 Å². The van der Waals surface area contributed by atoms with Gasteiger partial charge < -0.3 is 10.2 Å². The van der Waals surface area contributed by atoms with Crippen molar-refractivity contribution < 1.29 is 4.92 Å². The van der Waals surface area contributed by atoms with Gasteiger partial charge in [-0.1, -0.05) is 13.8 Å². The van der Waals surface area contributed by atoms with Gasteiger partial charge in [-0.25, -0.2) is 0 Å². The Morgan fingerprint density at radius 2 is 2.04 bits per heavy atom. The number of nitro groups is 1. The van der Waals surface area contributed by atoms with Gasteiger partial charge in [0.2, 0.25) is 0 Å². The Bertz CT molecular complexity index is 686. The van der Waals surface area contributed by atoms with E-state index in [1.54, 1.807) is 18.3 Å². The first-order valence-electron chi connectivity index (χ1n) is 8.57. The molecule has 0 aliphatic rings. The molecule has 0 aliphatic carbocycles. The van der Waals surface area contributed by atoms with Crippen LogP contribution in [0.4, 0.5) is 11.4 Å². The molecule has 1 heterocycles. The van der Waals surface area contributed by atoms with Crippen molar-refractivity contribution in [3.8, 4) is 0 Å². The van der Waals surface area contributed by atoms with Gasteiger partial charge in [-0.3, -0.25) is 15.1 Å². The molecule has 2 aromatic rings. The van der Waals surface area contributed by atoms with E-state index in [4.69, 9.17) is 0 Å². The van der Waals surface area contributed by atoms with Crippen molar-refractivity contribution >= 4 is 22.3 Å².